The third kappa shape index (κ3) is 4.78. The van der Waals surface area contributed by atoms with E-state index in [4.69, 9.17) is 20.8 Å². The van der Waals surface area contributed by atoms with Crippen molar-refractivity contribution in [3.63, 3.8) is 0 Å². The molecule has 0 aliphatic rings. The van der Waals surface area contributed by atoms with E-state index in [-0.39, 0.29) is 17.4 Å². The molecule has 1 heterocycles. The summed E-state index contributed by atoms with van der Waals surface area (Å²) < 4.78 is 23.4. The lowest BCUT2D eigenvalue weighted by molar-refractivity contribution is 0.0921. The van der Waals surface area contributed by atoms with E-state index in [9.17, 15) is 9.00 Å². The highest BCUT2D eigenvalue weighted by molar-refractivity contribution is 7.84. The van der Waals surface area contributed by atoms with Crippen LogP contribution in [0.4, 0.5) is 0 Å². The SMILES string of the molecule is COc1ccccc1[S@@](=O)Cc1ccc(C(=O)NCc2ccccc2Cl)o1. The summed E-state index contributed by atoms with van der Waals surface area (Å²) >= 11 is 6.08. The van der Waals surface area contributed by atoms with Crippen molar-refractivity contribution >= 4 is 28.3 Å². The molecule has 0 unspecified atom stereocenters. The van der Waals surface area contributed by atoms with Crippen LogP contribution in [-0.4, -0.2) is 17.2 Å². The Kier molecular flexibility index (Phi) is 6.32. The van der Waals surface area contributed by atoms with E-state index in [0.29, 0.717) is 28.0 Å². The highest BCUT2D eigenvalue weighted by Gasteiger charge is 2.16. The lowest BCUT2D eigenvalue weighted by Gasteiger charge is -2.07. The fourth-order valence-electron chi connectivity index (χ4n) is 2.50. The Labute approximate surface area is 164 Å². The van der Waals surface area contributed by atoms with Gasteiger partial charge in [0.15, 0.2) is 5.76 Å². The van der Waals surface area contributed by atoms with Gasteiger partial charge in [0, 0.05) is 11.6 Å². The van der Waals surface area contributed by atoms with Crippen molar-refractivity contribution in [2.75, 3.05) is 7.11 Å². The van der Waals surface area contributed by atoms with Crippen molar-refractivity contribution in [1.82, 2.24) is 5.32 Å². The van der Waals surface area contributed by atoms with Crippen LogP contribution in [0.3, 0.4) is 0 Å². The van der Waals surface area contributed by atoms with Gasteiger partial charge in [0.1, 0.15) is 11.5 Å². The summed E-state index contributed by atoms with van der Waals surface area (Å²) in [6, 6.07) is 17.6. The number of methoxy groups -OCH3 is 1. The number of ether oxygens (including phenoxy) is 1. The molecule has 0 fully saturated rings. The number of benzene rings is 2. The molecule has 0 spiro atoms. The van der Waals surface area contributed by atoms with Gasteiger partial charge in [-0.15, -0.1) is 0 Å². The predicted molar refractivity (Wildman–Crippen MR) is 104 cm³/mol. The van der Waals surface area contributed by atoms with E-state index in [2.05, 4.69) is 5.32 Å². The molecule has 5 nitrogen and oxygen atoms in total. The standard InChI is InChI=1S/C20H18ClNO4S/c1-25-17-8-4-5-9-19(17)27(24)13-15-10-11-18(26-15)20(23)22-12-14-6-2-3-7-16(14)21/h2-11H,12-13H2,1H3,(H,22,23)/t27-/m0/s1. The first-order valence-corrected chi connectivity index (χ1v) is 9.90. The number of para-hydroxylation sites is 1. The first kappa shape index (κ1) is 19.2. The van der Waals surface area contributed by atoms with Gasteiger partial charge in [-0.1, -0.05) is 41.9 Å². The van der Waals surface area contributed by atoms with Crippen LogP contribution < -0.4 is 10.1 Å². The fourth-order valence-corrected chi connectivity index (χ4v) is 3.87. The van der Waals surface area contributed by atoms with Gasteiger partial charge in [0.05, 0.1) is 28.6 Å². The molecule has 1 atom stereocenters. The van der Waals surface area contributed by atoms with Crippen LogP contribution in [0.1, 0.15) is 21.9 Å². The molecule has 1 N–H and O–H groups in total. The Morgan fingerprint density at radius 3 is 2.63 bits per heavy atom. The van der Waals surface area contributed by atoms with E-state index >= 15 is 0 Å². The van der Waals surface area contributed by atoms with Crippen LogP contribution in [-0.2, 0) is 23.1 Å². The summed E-state index contributed by atoms with van der Waals surface area (Å²) in [6.45, 7) is 0.293. The third-order valence-electron chi connectivity index (χ3n) is 3.87. The van der Waals surface area contributed by atoms with E-state index in [0.717, 1.165) is 5.56 Å². The van der Waals surface area contributed by atoms with Gasteiger partial charge < -0.3 is 14.5 Å². The molecule has 2 aromatic carbocycles. The molecule has 7 heteroatoms. The zero-order chi connectivity index (χ0) is 19.2. The minimum Gasteiger partial charge on any atom is -0.495 e. The highest BCUT2D eigenvalue weighted by atomic mass is 35.5. The molecule has 0 bridgehead atoms. The summed E-state index contributed by atoms with van der Waals surface area (Å²) in [6.07, 6.45) is 0. The molecule has 3 aromatic rings. The van der Waals surface area contributed by atoms with Gasteiger partial charge in [-0.05, 0) is 35.9 Å². The monoisotopic (exact) mass is 403 g/mol. The Hall–Kier alpha value is -2.57. The largest absolute Gasteiger partial charge is 0.495 e. The number of amides is 1. The number of carbonyl (C=O) groups is 1. The molecule has 140 valence electrons. The minimum absolute atomic E-state index is 0.151. The van der Waals surface area contributed by atoms with Crippen LogP contribution in [0.2, 0.25) is 5.02 Å². The molecule has 0 saturated heterocycles. The van der Waals surface area contributed by atoms with Crippen molar-refractivity contribution in [3.05, 3.63) is 82.8 Å². The Bertz CT molecular complexity index is 970. The number of furan rings is 1. The fraction of sp³-hybridized carbons (Fsp3) is 0.150. The predicted octanol–water partition coefficient (Wildman–Crippen LogP) is 4.18. The molecular formula is C20H18ClNO4S. The summed E-state index contributed by atoms with van der Waals surface area (Å²) in [5.74, 6) is 0.971. The van der Waals surface area contributed by atoms with Crippen LogP contribution in [0.25, 0.3) is 0 Å². The van der Waals surface area contributed by atoms with Crippen LogP contribution >= 0.6 is 11.6 Å². The summed E-state index contributed by atoms with van der Waals surface area (Å²) in [5.41, 5.74) is 0.816. The average Bonchev–Trinajstić information content (AvgIpc) is 3.15. The second-order valence-corrected chi connectivity index (χ2v) is 7.51. The summed E-state index contributed by atoms with van der Waals surface area (Å²) in [5, 5.41) is 3.35. The van der Waals surface area contributed by atoms with Crippen molar-refractivity contribution in [3.8, 4) is 5.75 Å². The Balaban J connectivity index is 1.63. The first-order chi connectivity index (χ1) is 13.1. The number of hydrogen-bond donors (Lipinski definition) is 1. The Morgan fingerprint density at radius 1 is 1.11 bits per heavy atom. The third-order valence-corrected chi connectivity index (χ3v) is 5.61. The van der Waals surface area contributed by atoms with E-state index in [1.54, 1.807) is 36.4 Å². The maximum atomic E-state index is 12.6. The normalized spacial score (nSPS) is 11.8. The van der Waals surface area contributed by atoms with Crippen LogP contribution in [0, 0.1) is 0 Å². The lowest BCUT2D eigenvalue weighted by Crippen LogP contribution is -2.22. The molecule has 1 aromatic heterocycles. The van der Waals surface area contributed by atoms with Gasteiger partial charge >= 0.3 is 0 Å². The second kappa shape index (κ2) is 8.88. The average molecular weight is 404 g/mol. The molecule has 0 aliphatic heterocycles. The minimum atomic E-state index is -1.35. The van der Waals surface area contributed by atoms with Crippen molar-refractivity contribution in [2.24, 2.45) is 0 Å². The number of rotatable bonds is 7. The number of nitrogens with one attached hydrogen (secondary N) is 1. The molecule has 0 saturated carbocycles. The molecule has 3 rings (SSSR count). The summed E-state index contributed by atoms with van der Waals surface area (Å²) in [7, 11) is 0.182. The lowest BCUT2D eigenvalue weighted by atomic mass is 10.2. The second-order valence-electron chi connectivity index (χ2n) is 5.68. The number of hydrogen-bond acceptors (Lipinski definition) is 4. The van der Waals surface area contributed by atoms with Crippen molar-refractivity contribution < 1.29 is 18.2 Å². The maximum Gasteiger partial charge on any atom is 0.287 e. The van der Waals surface area contributed by atoms with Gasteiger partial charge in [0.2, 0.25) is 0 Å². The quantitative estimate of drug-likeness (QED) is 0.642. The molecule has 1 amide bonds. The molecular weight excluding hydrogens is 386 g/mol. The number of carbonyl (C=O) groups excluding carboxylic acids is 1. The van der Waals surface area contributed by atoms with E-state index < -0.39 is 10.8 Å². The van der Waals surface area contributed by atoms with Gasteiger partial charge in [0.25, 0.3) is 5.91 Å². The number of halogens is 1. The van der Waals surface area contributed by atoms with E-state index in [1.807, 2.05) is 24.3 Å². The summed E-state index contributed by atoms with van der Waals surface area (Å²) in [4.78, 5) is 12.8. The smallest absolute Gasteiger partial charge is 0.287 e. The van der Waals surface area contributed by atoms with Gasteiger partial charge in [-0.3, -0.25) is 9.00 Å². The molecule has 27 heavy (non-hydrogen) atoms. The maximum absolute atomic E-state index is 12.6. The highest BCUT2D eigenvalue weighted by Crippen LogP contribution is 2.24. The van der Waals surface area contributed by atoms with Gasteiger partial charge in [-0.2, -0.15) is 0 Å². The van der Waals surface area contributed by atoms with E-state index in [1.165, 1.54) is 7.11 Å². The molecule has 0 radical (unpaired) electrons. The van der Waals surface area contributed by atoms with Crippen molar-refractivity contribution in [2.45, 2.75) is 17.2 Å². The zero-order valence-corrected chi connectivity index (χ0v) is 16.2. The first-order valence-electron chi connectivity index (χ1n) is 8.20. The Morgan fingerprint density at radius 2 is 1.85 bits per heavy atom. The zero-order valence-electron chi connectivity index (χ0n) is 14.6. The van der Waals surface area contributed by atoms with Gasteiger partial charge in [-0.25, -0.2) is 0 Å². The van der Waals surface area contributed by atoms with Crippen molar-refractivity contribution in [1.29, 1.82) is 0 Å². The molecule has 0 aliphatic carbocycles. The van der Waals surface area contributed by atoms with Crippen LogP contribution in [0.5, 0.6) is 5.75 Å². The topological polar surface area (TPSA) is 68.5 Å². The van der Waals surface area contributed by atoms with Crippen LogP contribution in [0.15, 0.2) is 70.0 Å².